The highest BCUT2D eigenvalue weighted by Gasteiger charge is 2.12. The number of nitrogens with one attached hydrogen (secondary N) is 1. The molecule has 0 saturated carbocycles. The first-order chi connectivity index (χ1) is 10.4. The third-order valence-electron chi connectivity index (χ3n) is 3.38. The molecule has 0 atom stereocenters. The smallest absolute Gasteiger partial charge is 0.150 e. The maximum Gasteiger partial charge on any atom is 0.150 e. The molecule has 1 aliphatic rings. The molecular formula is C16H23NO4. The Morgan fingerprint density at radius 3 is 2.48 bits per heavy atom. The van der Waals surface area contributed by atoms with Gasteiger partial charge < -0.3 is 19.5 Å². The summed E-state index contributed by atoms with van der Waals surface area (Å²) in [6.07, 6.45) is 3.36. The number of carbonyl (C=O) groups is 1. The second kappa shape index (κ2) is 9.50. The average molecular weight is 293 g/mol. The van der Waals surface area contributed by atoms with E-state index in [0.29, 0.717) is 38.1 Å². The Kier molecular flexibility index (Phi) is 7.21. The summed E-state index contributed by atoms with van der Waals surface area (Å²) in [6.45, 7) is 4.35. The molecule has 0 spiro atoms. The first-order valence-electron chi connectivity index (χ1n) is 7.46. The van der Waals surface area contributed by atoms with Gasteiger partial charge in [-0.1, -0.05) is 0 Å². The summed E-state index contributed by atoms with van der Waals surface area (Å²) in [5.41, 5.74) is 0.647. The van der Waals surface area contributed by atoms with Crippen molar-refractivity contribution in [3.63, 3.8) is 0 Å². The molecule has 5 nitrogen and oxygen atoms in total. The normalized spacial score (nSPS) is 15.8. The number of benzene rings is 1. The van der Waals surface area contributed by atoms with Crippen LogP contribution in [0.25, 0.3) is 0 Å². The Bertz CT molecular complexity index is 401. The summed E-state index contributed by atoms with van der Waals surface area (Å²) in [4.78, 5) is 10.5. The molecule has 1 N–H and O–H groups in total. The van der Waals surface area contributed by atoms with Crippen LogP contribution in [0.2, 0.25) is 0 Å². The first kappa shape index (κ1) is 15.9. The molecule has 5 heteroatoms. The van der Waals surface area contributed by atoms with E-state index in [2.05, 4.69) is 5.32 Å². The standard InChI is InChI=1S/C16H23NO4/c18-13-14-1-3-15(4-2-14)20-11-9-19-10-12-21-16-5-7-17-8-6-16/h1-4,13,16-17H,5-12H2. The van der Waals surface area contributed by atoms with Crippen LogP contribution in [0.4, 0.5) is 0 Å². The van der Waals surface area contributed by atoms with Crippen LogP contribution in [0.5, 0.6) is 5.75 Å². The fourth-order valence-corrected chi connectivity index (χ4v) is 2.20. The predicted octanol–water partition coefficient (Wildman–Crippen LogP) is 1.66. The van der Waals surface area contributed by atoms with E-state index in [-0.39, 0.29) is 0 Å². The van der Waals surface area contributed by atoms with Crippen LogP contribution in [-0.2, 0) is 9.47 Å². The van der Waals surface area contributed by atoms with E-state index >= 15 is 0 Å². The molecule has 1 fully saturated rings. The van der Waals surface area contributed by atoms with Gasteiger partial charge in [0.05, 0.1) is 25.9 Å². The van der Waals surface area contributed by atoms with Gasteiger partial charge in [0.15, 0.2) is 0 Å². The van der Waals surface area contributed by atoms with Crippen molar-refractivity contribution in [1.29, 1.82) is 0 Å². The van der Waals surface area contributed by atoms with Gasteiger partial charge in [-0.25, -0.2) is 0 Å². The van der Waals surface area contributed by atoms with Crippen molar-refractivity contribution in [2.45, 2.75) is 18.9 Å². The van der Waals surface area contributed by atoms with Crippen molar-refractivity contribution in [3.8, 4) is 5.75 Å². The monoisotopic (exact) mass is 293 g/mol. The Morgan fingerprint density at radius 2 is 1.76 bits per heavy atom. The fourth-order valence-electron chi connectivity index (χ4n) is 2.20. The third kappa shape index (κ3) is 6.25. The molecule has 1 heterocycles. The van der Waals surface area contributed by atoms with Crippen LogP contribution in [-0.4, -0.2) is 51.9 Å². The first-order valence-corrected chi connectivity index (χ1v) is 7.46. The fraction of sp³-hybridized carbons (Fsp3) is 0.562. The molecule has 116 valence electrons. The number of rotatable bonds is 9. The number of aldehydes is 1. The minimum Gasteiger partial charge on any atom is -0.491 e. The number of piperidine rings is 1. The molecule has 0 radical (unpaired) electrons. The summed E-state index contributed by atoms with van der Waals surface area (Å²) in [5, 5.41) is 3.31. The highest BCUT2D eigenvalue weighted by atomic mass is 16.5. The molecular weight excluding hydrogens is 270 g/mol. The number of carbonyl (C=O) groups excluding carboxylic acids is 1. The largest absolute Gasteiger partial charge is 0.491 e. The molecule has 1 aromatic rings. The van der Waals surface area contributed by atoms with E-state index in [0.717, 1.165) is 38.0 Å². The van der Waals surface area contributed by atoms with Crippen LogP contribution < -0.4 is 10.1 Å². The average Bonchev–Trinajstić information content (AvgIpc) is 2.55. The molecule has 1 aromatic carbocycles. The quantitative estimate of drug-likeness (QED) is 0.554. The zero-order valence-electron chi connectivity index (χ0n) is 12.3. The van der Waals surface area contributed by atoms with E-state index in [1.807, 2.05) is 0 Å². The van der Waals surface area contributed by atoms with Crippen molar-refractivity contribution in [2.75, 3.05) is 39.5 Å². The number of hydrogen-bond acceptors (Lipinski definition) is 5. The Hall–Kier alpha value is -1.43. The molecule has 0 aromatic heterocycles. The van der Waals surface area contributed by atoms with E-state index in [9.17, 15) is 4.79 Å². The maximum absolute atomic E-state index is 10.5. The summed E-state index contributed by atoms with van der Waals surface area (Å²) in [7, 11) is 0. The lowest BCUT2D eigenvalue weighted by Crippen LogP contribution is -2.33. The van der Waals surface area contributed by atoms with Gasteiger partial charge in [0, 0.05) is 5.56 Å². The summed E-state index contributed by atoms with van der Waals surface area (Å²) in [6, 6.07) is 7.03. The van der Waals surface area contributed by atoms with Crippen molar-refractivity contribution in [3.05, 3.63) is 29.8 Å². The topological polar surface area (TPSA) is 56.8 Å². The van der Waals surface area contributed by atoms with Crippen molar-refractivity contribution in [2.24, 2.45) is 0 Å². The predicted molar refractivity (Wildman–Crippen MR) is 80.0 cm³/mol. The highest BCUT2D eigenvalue weighted by Crippen LogP contribution is 2.10. The lowest BCUT2D eigenvalue weighted by Gasteiger charge is -2.22. The van der Waals surface area contributed by atoms with Gasteiger partial charge in [-0.15, -0.1) is 0 Å². The van der Waals surface area contributed by atoms with Gasteiger partial charge in [0.2, 0.25) is 0 Å². The van der Waals surface area contributed by atoms with Crippen molar-refractivity contribution < 1.29 is 19.0 Å². The van der Waals surface area contributed by atoms with Crippen LogP contribution >= 0.6 is 0 Å². The lowest BCUT2D eigenvalue weighted by molar-refractivity contribution is -0.0115. The summed E-state index contributed by atoms with van der Waals surface area (Å²) in [5.74, 6) is 0.746. The number of hydrogen-bond donors (Lipinski definition) is 1. The molecule has 21 heavy (non-hydrogen) atoms. The van der Waals surface area contributed by atoms with Crippen LogP contribution in [0.3, 0.4) is 0 Å². The molecule has 1 aliphatic heterocycles. The van der Waals surface area contributed by atoms with Gasteiger partial charge in [-0.2, -0.15) is 0 Å². The molecule has 0 amide bonds. The summed E-state index contributed by atoms with van der Waals surface area (Å²) >= 11 is 0. The van der Waals surface area contributed by atoms with Crippen molar-refractivity contribution >= 4 is 6.29 Å². The van der Waals surface area contributed by atoms with E-state index in [1.165, 1.54) is 0 Å². The maximum atomic E-state index is 10.5. The second-order valence-corrected chi connectivity index (χ2v) is 4.97. The lowest BCUT2D eigenvalue weighted by atomic mass is 10.1. The van der Waals surface area contributed by atoms with E-state index in [4.69, 9.17) is 14.2 Å². The van der Waals surface area contributed by atoms with Crippen LogP contribution in [0.15, 0.2) is 24.3 Å². The molecule has 0 aliphatic carbocycles. The third-order valence-corrected chi connectivity index (χ3v) is 3.38. The molecule has 1 saturated heterocycles. The van der Waals surface area contributed by atoms with Gasteiger partial charge >= 0.3 is 0 Å². The van der Waals surface area contributed by atoms with Gasteiger partial charge in [-0.3, -0.25) is 4.79 Å². The summed E-state index contributed by atoms with van der Waals surface area (Å²) < 4.78 is 16.7. The van der Waals surface area contributed by atoms with Gasteiger partial charge in [0.25, 0.3) is 0 Å². The van der Waals surface area contributed by atoms with E-state index < -0.39 is 0 Å². The SMILES string of the molecule is O=Cc1ccc(OCCOCCOC2CCNCC2)cc1. The van der Waals surface area contributed by atoms with Crippen LogP contribution in [0, 0.1) is 0 Å². The Morgan fingerprint density at radius 1 is 1.05 bits per heavy atom. The highest BCUT2D eigenvalue weighted by molar-refractivity contribution is 5.74. The van der Waals surface area contributed by atoms with E-state index in [1.54, 1.807) is 24.3 Å². The molecule has 0 unspecified atom stereocenters. The van der Waals surface area contributed by atoms with Gasteiger partial charge in [-0.05, 0) is 50.2 Å². The van der Waals surface area contributed by atoms with Gasteiger partial charge in [0.1, 0.15) is 18.6 Å². The second-order valence-electron chi connectivity index (χ2n) is 4.97. The Labute approximate surface area is 125 Å². The minimum absolute atomic E-state index is 0.377. The zero-order chi connectivity index (χ0) is 14.8. The van der Waals surface area contributed by atoms with Crippen LogP contribution in [0.1, 0.15) is 23.2 Å². The van der Waals surface area contributed by atoms with Crippen molar-refractivity contribution in [1.82, 2.24) is 5.32 Å². The molecule has 0 bridgehead atoms. The molecule has 2 rings (SSSR count). The minimum atomic E-state index is 0.377. The number of ether oxygens (including phenoxy) is 3. The Balaban J connectivity index is 1.46. The zero-order valence-corrected chi connectivity index (χ0v) is 12.3.